The van der Waals surface area contributed by atoms with Gasteiger partial charge < -0.3 is 25.7 Å². The number of nitro groups is 1. The van der Waals surface area contributed by atoms with Gasteiger partial charge in [0, 0.05) is 45.9 Å². The molecule has 0 aromatic heterocycles. The van der Waals surface area contributed by atoms with E-state index in [9.17, 15) is 38.8 Å². The first-order chi connectivity index (χ1) is 19.4. The highest BCUT2D eigenvalue weighted by atomic mass is 31.2. The van der Waals surface area contributed by atoms with Crippen LogP contribution in [0, 0.1) is 17.0 Å². The Labute approximate surface area is 233 Å². The van der Waals surface area contributed by atoms with E-state index in [4.69, 9.17) is 0 Å². The van der Waals surface area contributed by atoms with Crippen LogP contribution in [0.3, 0.4) is 0 Å². The largest absolute Gasteiger partial charge is 0.356 e. The molecule has 0 aliphatic carbocycles. The number of carbonyl (C=O) groups excluding carboxylic acids is 3. The molecule has 0 unspecified atom stereocenters. The molecule has 0 atom stereocenters. The predicted molar refractivity (Wildman–Crippen MR) is 153 cm³/mol. The first kappa shape index (κ1) is 28.8. The molecule has 0 heterocycles. The van der Waals surface area contributed by atoms with Crippen molar-refractivity contribution in [3.63, 3.8) is 0 Å². The van der Waals surface area contributed by atoms with Gasteiger partial charge in [-0.05, 0) is 67.6 Å². The van der Waals surface area contributed by atoms with E-state index in [0.717, 1.165) is 11.6 Å². The number of nitrogens with zero attached hydrogens (tertiary/aromatic N) is 1. The number of carbonyl (C=O) groups is 3. The Hall–Kier alpha value is -5.16. The number of nitrogens with one attached hydrogen (secondary N) is 3. The second-order valence-corrected chi connectivity index (χ2v) is 10.5. The summed E-state index contributed by atoms with van der Waals surface area (Å²) < 4.78 is 11.4. The molecule has 0 aliphatic heterocycles. The van der Waals surface area contributed by atoms with Crippen molar-refractivity contribution in [1.29, 1.82) is 0 Å². The zero-order valence-electron chi connectivity index (χ0n) is 21.4. The van der Waals surface area contributed by atoms with Crippen LogP contribution in [-0.4, -0.2) is 32.4 Å². The number of aryl methyl sites for hydroxylation is 1. The van der Waals surface area contributed by atoms with Crippen molar-refractivity contribution in [2.75, 3.05) is 16.0 Å². The Bertz CT molecular complexity index is 1700. The van der Waals surface area contributed by atoms with Gasteiger partial charge in [0.05, 0.1) is 10.2 Å². The van der Waals surface area contributed by atoms with E-state index in [2.05, 4.69) is 16.0 Å². The second-order valence-electron chi connectivity index (χ2n) is 8.93. The molecule has 5 N–H and O–H groups in total. The molecule has 0 fully saturated rings. The minimum Gasteiger partial charge on any atom is -0.322 e. The second kappa shape index (κ2) is 11.9. The van der Waals surface area contributed by atoms with Crippen molar-refractivity contribution in [3.8, 4) is 0 Å². The summed E-state index contributed by atoms with van der Waals surface area (Å²) in [7, 11) is -4.47. The molecule has 41 heavy (non-hydrogen) atoms. The molecule has 208 valence electrons. The Morgan fingerprint density at radius 2 is 1.17 bits per heavy atom. The molecule has 4 rings (SSSR count). The van der Waals surface area contributed by atoms with E-state index in [1.54, 1.807) is 12.1 Å². The van der Waals surface area contributed by atoms with Gasteiger partial charge >= 0.3 is 7.60 Å². The summed E-state index contributed by atoms with van der Waals surface area (Å²) >= 11 is 0. The number of anilines is 3. The van der Waals surface area contributed by atoms with Crippen LogP contribution in [0.4, 0.5) is 22.7 Å². The van der Waals surface area contributed by atoms with Crippen LogP contribution in [0.5, 0.6) is 0 Å². The number of benzene rings is 4. The summed E-state index contributed by atoms with van der Waals surface area (Å²) in [5, 5.41) is 18.7. The topological polar surface area (TPSA) is 188 Å². The highest BCUT2D eigenvalue weighted by molar-refractivity contribution is 7.60. The van der Waals surface area contributed by atoms with E-state index in [-0.39, 0.29) is 39.1 Å². The number of non-ortho nitro benzene ring substituents is 1. The van der Waals surface area contributed by atoms with Gasteiger partial charge in [0.2, 0.25) is 0 Å². The zero-order valence-corrected chi connectivity index (χ0v) is 22.3. The maximum atomic E-state index is 13.1. The molecule has 0 saturated heterocycles. The summed E-state index contributed by atoms with van der Waals surface area (Å²) in [4.78, 5) is 68.1. The van der Waals surface area contributed by atoms with Gasteiger partial charge in [0.25, 0.3) is 23.4 Å². The fourth-order valence-electron chi connectivity index (χ4n) is 3.71. The predicted octanol–water partition coefficient (Wildman–Crippen LogP) is 4.46. The molecule has 0 radical (unpaired) electrons. The van der Waals surface area contributed by atoms with Gasteiger partial charge in [-0.15, -0.1) is 0 Å². The van der Waals surface area contributed by atoms with E-state index in [1.807, 2.05) is 19.1 Å². The number of nitro benzene ring substituents is 1. The van der Waals surface area contributed by atoms with Crippen LogP contribution in [-0.2, 0) is 4.57 Å². The van der Waals surface area contributed by atoms with Crippen LogP contribution in [0.2, 0.25) is 0 Å². The van der Waals surface area contributed by atoms with E-state index in [0.29, 0.717) is 5.69 Å². The lowest BCUT2D eigenvalue weighted by Gasteiger charge is -2.13. The first-order valence-electron chi connectivity index (χ1n) is 12.0. The van der Waals surface area contributed by atoms with E-state index in [1.165, 1.54) is 60.7 Å². The molecule has 0 bridgehead atoms. The van der Waals surface area contributed by atoms with Gasteiger partial charge in [-0.25, -0.2) is 0 Å². The van der Waals surface area contributed by atoms with Crippen LogP contribution >= 0.6 is 7.60 Å². The Kier molecular flexibility index (Phi) is 8.39. The van der Waals surface area contributed by atoms with Gasteiger partial charge in [0.15, 0.2) is 0 Å². The third-order valence-corrected chi connectivity index (χ3v) is 6.78. The highest BCUT2D eigenvalue weighted by Crippen LogP contribution is 2.33. The van der Waals surface area contributed by atoms with Crippen LogP contribution in [0.15, 0.2) is 91.0 Å². The minimum absolute atomic E-state index is 0.00939. The van der Waals surface area contributed by atoms with Crippen LogP contribution in [0.25, 0.3) is 0 Å². The molecule has 4 aromatic carbocycles. The number of amides is 3. The SMILES string of the molecule is Cc1ccc(NC(=O)c2cc(NC(=O)c3cccc([N+](=O)[O-])c3)cc(C(=O)Nc3ccc(P(=O)(O)O)cc3)c2)cc1. The Balaban J connectivity index is 1.64. The normalized spacial score (nSPS) is 10.9. The molecule has 4 aromatic rings. The van der Waals surface area contributed by atoms with Crippen molar-refractivity contribution in [2.24, 2.45) is 0 Å². The summed E-state index contributed by atoms with van der Waals surface area (Å²) in [5.41, 5.74) is 1.51. The Morgan fingerprint density at radius 3 is 1.68 bits per heavy atom. The maximum absolute atomic E-state index is 13.1. The lowest BCUT2D eigenvalue weighted by atomic mass is 10.1. The summed E-state index contributed by atoms with van der Waals surface area (Å²) in [6.07, 6.45) is 0. The van der Waals surface area contributed by atoms with Crippen molar-refractivity contribution in [2.45, 2.75) is 6.92 Å². The van der Waals surface area contributed by atoms with E-state index >= 15 is 0 Å². The average Bonchev–Trinajstić information content (AvgIpc) is 2.94. The van der Waals surface area contributed by atoms with Crippen molar-refractivity contribution in [3.05, 3.63) is 123 Å². The summed E-state index contributed by atoms with van der Waals surface area (Å²) in [6, 6.07) is 21.0. The first-order valence-corrected chi connectivity index (χ1v) is 13.6. The number of hydrogen-bond acceptors (Lipinski definition) is 6. The fraction of sp³-hybridized carbons (Fsp3) is 0.0357. The Morgan fingerprint density at radius 1 is 0.683 bits per heavy atom. The van der Waals surface area contributed by atoms with Crippen LogP contribution in [0.1, 0.15) is 36.6 Å². The minimum atomic E-state index is -4.47. The summed E-state index contributed by atoms with van der Waals surface area (Å²) in [6.45, 7) is 1.89. The maximum Gasteiger partial charge on any atom is 0.356 e. The highest BCUT2D eigenvalue weighted by Gasteiger charge is 2.19. The van der Waals surface area contributed by atoms with Crippen LogP contribution < -0.4 is 21.3 Å². The van der Waals surface area contributed by atoms with Gasteiger partial charge in [0.1, 0.15) is 0 Å². The third-order valence-electron chi connectivity index (χ3n) is 5.81. The smallest absolute Gasteiger partial charge is 0.322 e. The average molecular weight is 574 g/mol. The molecule has 13 heteroatoms. The lowest BCUT2D eigenvalue weighted by molar-refractivity contribution is -0.384. The quantitative estimate of drug-likeness (QED) is 0.116. The molecular weight excluding hydrogens is 551 g/mol. The lowest BCUT2D eigenvalue weighted by Crippen LogP contribution is -2.18. The third kappa shape index (κ3) is 7.49. The molecule has 12 nitrogen and oxygen atoms in total. The number of rotatable bonds is 8. The van der Waals surface area contributed by atoms with E-state index < -0.39 is 30.2 Å². The van der Waals surface area contributed by atoms with Crippen molar-refractivity contribution in [1.82, 2.24) is 0 Å². The molecular formula is C28H23N4O8P. The summed E-state index contributed by atoms with van der Waals surface area (Å²) in [5.74, 6) is -1.95. The molecule has 0 aliphatic rings. The van der Waals surface area contributed by atoms with Gasteiger partial charge in [-0.2, -0.15) is 0 Å². The van der Waals surface area contributed by atoms with Crippen molar-refractivity contribution >= 4 is 53.4 Å². The molecule has 0 spiro atoms. The number of hydrogen-bond donors (Lipinski definition) is 5. The van der Waals surface area contributed by atoms with Crippen molar-refractivity contribution < 1.29 is 33.7 Å². The van der Waals surface area contributed by atoms with Gasteiger partial charge in [-0.3, -0.25) is 29.1 Å². The molecule has 3 amide bonds. The monoisotopic (exact) mass is 574 g/mol. The fourth-order valence-corrected chi connectivity index (χ4v) is 4.25. The zero-order chi connectivity index (χ0) is 29.7. The standard InChI is InChI=1S/C28H23N4O8P/c1-17-5-7-21(8-6-17)29-27(34)19-13-20(28(35)30-22-9-11-25(12-10-22)41(38,39)40)15-23(14-19)31-26(33)18-3-2-4-24(16-18)32(36)37/h2-16H,1H3,(H,29,34)(H,30,35)(H,31,33)(H2,38,39,40). The molecule has 0 saturated carbocycles. The van der Waals surface area contributed by atoms with Gasteiger partial charge in [-0.1, -0.05) is 23.8 Å².